The lowest BCUT2D eigenvalue weighted by molar-refractivity contribution is 0.102. The van der Waals surface area contributed by atoms with Gasteiger partial charge in [0.2, 0.25) is 0 Å². The van der Waals surface area contributed by atoms with Gasteiger partial charge in [-0.05, 0) is 29.8 Å². The fraction of sp³-hybridized carbons (Fsp3) is 0. The van der Waals surface area contributed by atoms with E-state index in [1.165, 1.54) is 12.3 Å². The number of benzene rings is 1. The van der Waals surface area contributed by atoms with E-state index in [2.05, 4.69) is 15.3 Å². The molecule has 0 aliphatic carbocycles. The molecule has 0 spiro atoms. The minimum absolute atomic E-state index is 0.0274. The molecule has 2 N–H and O–H groups in total. The predicted molar refractivity (Wildman–Crippen MR) is 89.7 cm³/mol. The SMILES string of the molecule is O=C(Nc1ccc(Cl)nc1)c1ccc(-c2ccccc2)[nH]c1=O. The third kappa shape index (κ3) is 3.46. The predicted octanol–water partition coefficient (Wildman–Crippen LogP) is 3.34. The van der Waals surface area contributed by atoms with Crippen LogP contribution in [0.1, 0.15) is 10.4 Å². The van der Waals surface area contributed by atoms with Crippen molar-refractivity contribution in [1.29, 1.82) is 0 Å². The van der Waals surface area contributed by atoms with Crippen molar-refractivity contribution >= 4 is 23.2 Å². The fourth-order valence-electron chi connectivity index (χ4n) is 2.09. The number of pyridine rings is 2. The zero-order valence-corrected chi connectivity index (χ0v) is 12.7. The number of aromatic nitrogens is 2. The molecule has 6 heteroatoms. The van der Waals surface area contributed by atoms with Gasteiger partial charge in [-0.3, -0.25) is 9.59 Å². The number of hydrogen-bond donors (Lipinski definition) is 2. The molecule has 0 aliphatic rings. The van der Waals surface area contributed by atoms with Crippen LogP contribution in [-0.4, -0.2) is 15.9 Å². The quantitative estimate of drug-likeness (QED) is 0.725. The molecule has 3 aromatic rings. The van der Waals surface area contributed by atoms with E-state index in [1.54, 1.807) is 18.2 Å². The Morgan fingerprint density at radius 3 is 2.48 bits per heavy atom. The third-order valence-electron chi connectivity index (χ3n) is 3.22. The van der Waals surface area contributed by atoms with Crippen molar-refractivity contribution in [2.45, 2.75) is 0 Å². The van der Waals surface area contributed by atoms with Crippen LogP contribution in [0, 0.1) is 0 Å². The summed E-state index contributed by atoms with van der Waals surface area (Å²) in [5, 5.41) is 2.93. The van der Waals surface area contributed by atoms with Gasteiger partial charge in [-0.2, -0.15) is 0 Å². The van der Waals surface area contributed by atoms with Gasteiger partial charge in [0.05, 0.1) is 11.9 Å². The van der Waals surface area contributed by atoms with Crippen LogP contribution in [0.4, 0.5) is 5.69 Å². The van der Waals surface area contributed by atoms with E-state index in [0.717, 1.165) is 5.56 Å². The fourth-order valence-corrected chi connectivity index (χ4v) is 2.20. The van der Waals surface area contributed by atoms with Gasteiger partial charge in [-0.15, -0.1) is 0 Å². The highest BCUT2D eigenvalue weighted by Crippen LogP contribution is 2.15. The summed E-state index contributed by atoms with van der Waals surface area (Å²) in [4.78, 5) is 30.9. The van der Waals surface area contributed by atoms with Gasteiger partial charge in [-0.1, -0.05) is 41.9 Å². The molecule has 5 nitrogen and oxygen atoms in total. The van der Waals surface area contributed by atoms with Crippen molar-refractivity contribution in [2.75, 3.05) is 5.32 Å². The number of rotatable bonds is 3. The highest BCUT2D eigenvalue weighted by Gasteiger charge is 2.12. The number of anilines is 1. The Morgan fingerprint density at radius 2 is 1.83 bits per heavy atom. The maximum absolute atomic E-state index is 12.2. The Labute approximate surface area is 137 Å². The monoisotopic (exact) mass is 325 g/mol. The summed E-state index contributed by atoms with van der Waals surface area (Å²) in [5.74, 6) is -0.505. The topological polar surface area (TPSA) is 74.8 Å². The summed E-state index contributed by atoms with van der Waals surface area (Å²) in [7, 11) is 0. The number of nitrogens with one attached hydrogen (secondary N) is 2. The molecule has 2 aromatic heterocycles. The van der Waals surface area contributed by atoms with Crippen LogP contribution >= 0.6 is 11.6 Å². The summed E-state index contributed by atoms with van der Waals surface area (Å²) in [6.07, 6.45) is 1.42. The Morgan fingerprint density at radius 1 is 1.04 bits per heavy atom. The van der Waals surface area contributed by atoms with Gasteiger partial charge in [0.25, 0.3) is 11.5 Å². The van der Waals surface area contributed by atoms with Crippen LogP contribution in [0.25, 0.3) is 11.3 Å². The van der Waals surface area contributed by atoms with Crippen LogP contribution in [0.5, 0.6) is 0 Å². The van der Waals surface area contributed by atoms with Crippen LogP contribution in [0.2, 0.25) is 5.15 Å². The summed E-state index contributed by atoms with van der Waals surface area (Å²) < 4.78 is 0. The first-order valence-corrected chi connectivity index (χ1v) is 7.23. The van der Waals surface area contributed by atoms with E-state index >= 15 is 0 Å². The highest BCUT2D eigenvalue weighted by molar-refractivity contribution is 6.29. The molecule has 0 aliphatic heterocycles. The normalized spacial score (nSPS) is 10.3. The first-order valence-electron chi connectivity index (χ1n) is 6.85. The zero-order valence-electron chi connectivity index (χ0n) is 11.9. The minimum atomic E-state index is -0.505. The van der Waals surface area contributed by atoms with E-state index in [9.17, 15) is 9.59 Å². The Hall–Kier alpha value is -2.92. The molecule has 114 valence electrons. The molecule has 0 radical (unpaired) electrons. The van der Waals surface area contributed by atoms with E-state index < -0.39 is 11.5 Å². The van der Waals surface area contributed by atoms with Crippen LogP contribution in [0.15, 0.2) is 65.6 Å². The molecule has 0 bridgehead atoms. The molecule has 0 atom stereocenters. The maximum atomic E-state index is 12.2. The number of H-pyrrole nitrogens is 1. The van der Waals surface area contributed by atoms with E-state index in [-0.39, 0.29) is 5.56 Å². The van der Waals surface area contributed by atoms with Crippen molar-refractivity contribution in [2.24, 2.45) is 0 Å². The maximum Gasteiger partial charge on any atom is 0.261 e. The molecule has 23 heavy (non-hydrogen) atoms. The summed E-state index contributed by atoms with van der Waals surface area (Å²) in [5.41, 5.74) is 1.56. The average Bonchev–Trinajstić information content (AvgIpc) is 2.57. The Bertz CT molecular complexity index is 890. The standard InChI is InChI=1S/C17H12ClN3O2/c18-15-9-6-12(10-19-15)20-16(22)13-7-8-14(21-17(13)23)11-4-2-1-3-5-11/h1-10H,(H,20,22)(H,21,23). The summed E-state index contributed by atoms with van der Waals surface area (Å²) in [6, 6.07) is 15.8. The second kappa shape index (κ2) is 6.46. The van der Waals surface area contributed by atoms with E-state index in [4.69, 9.17) is 11.6 Å². The first kappa shape index (κ1) is 15.0. The van der Waals surface area contributed by atoms with Gasteiger partial charge < -0.3 is 10.3 Å². The first-order chi connectivity index (χ1) is 11.1. The largest absolute Gasteiger partial charge is 0.321 e. The Kier molecular flexibility index (Phi) is 4.21. The second-order valence-corrected chi connectivity index (χ2v) is 5.19. The Balaban J connectivity index is 1.84. The van der Waals surface area contributed by atoms with Gasteiger partial charge in [0, 0.05) is 5.69 Å². The summed E-state index contributed by atoms with van der Waals surface area (Å²) >= 11 is 5.69. The molecule has 2 heterocycles. The number of carbonyl (C=O) groups is 1. The van der Waals surface area contributed by atoms with Crippen molar-refractivity contribution < 1.29 is 4.79 Å². The lowest BCUT2D eigenvalue weighted by Gasteiger charge is -2.06. The molecule has 0 fully saturated rings. The zero-order chi connectivity index (χ0) is 16.2. The van der Waals surface area contributed by atoms with Crippen LogP contribution in [-0.2, 0) is 0 Å². The second-order valence-electron chi connectivity index (χ2n) is 4.80. The number of carbonyl (C=O) groups excluding carboxylic acids is 1. The number of aromatic amines is 1. The van der Waals surface area contributed by atoms with Crippen molar-refractivity contribution in [3.05, 3.63) is 81.9 Å². The highest BCUT2D eigenvalue weighted by atomic mass is 35.5. The van der Waals surface area contributed by atoms with Crippen molar-refractivity contribution in [3.8, 4) is 11.3 Å². The molecule has 0 unspecified atom stereocenters. The lowest BCUT2D eigenvalue weighted by atomic mass is 10.1. The van der Waals surface area contributed by atoms with Gasteiger partial charge in [0.15, 0.2) is 0 Å². The van der Waals surface area contributed by atoms with E-state index in [0.29, 0.717) is 16.5 Å². The molecule has 0 saturated heterocycles. The number of nitrogens with zero attached hydrogens (tertiary/aromatic N) is 1. The molecular weight excluding hydrogens is 314 g/mol. The molecule has 3 rings (SSSR count). The summed E-state index contributed by atoms with van der Waals surface area (Å²) in [6.45, 7) is 0. The molecule has 0 saturated carbocycles. The van der Waals surface area contributed by atoms with Gasteiger partial charge in [-0.25, -0.2) is 4.98 Å². The minimum Gasteiger partial charge on any atom is -0.321 e. The molecule has 1 aromatic carbocycles. The van der Waals surface area contributed by atoms with Crippen LogP contribution in [0.3, 0.4) is 0 Å². The number of amides is 1. The number of halogens is 1. The molecular formula is C17H12ClN3O2. The number of hydrogen-bond acceptors (Lipinski definition) is 3. The third-order valence-corrected chi connectivity index (χ3v) is 3.45. The average molecular weight is 326 g/mol. The molecule has 1 amide bonds. The van der Waals surface area contributed by atoms with Gasteiger partial charge >= 0.3 is 0 Å². The van der Waals surface area contributed by atoms with Crippen molar-refractivity contribution in [1.82, 2.24) is 9.97 Å². The smallest absolute Gasteiger partial charge is 0.261 e. The lowest BCUT2D eigenvalue weighted by Crippen LogP contribution is -2.23. The van der Waals surface area contributed by atoms with Crippen molar-refractivity contribution in [3.63, 3.8) is 0 Å². The van der Waals surface area contributed by atoms with E-state index in [1.807, 2.05) is 30.3 Å². The van der Waals surface area contributed by atoms with Crippen LogP contribution < -0.4 is 10.9 Å². The van der Waals surface area contributed by atoms with Gasteiger partial charge in [0.1, 0.15) is 10.7 Å².